The minimum Gasteiger partial charge on any atom is -0.308 e. The molecule has 0 saturated carbocycles. The quantitative estimate of drug-likeness (QED) is 0.678. The Morgan fingerprint density at radius 3 is 2.22 bits per heavy atom. The molecule has 1 atom stereocenters. The number of halogens is 1. The van der Waals surface area contributed by atoms with E-state index < -0.39 is 7.60 Å². The van der Waals surface area contributed by atoms with Crippen molar-refractivity contribution in [3.05, 3.63) is 0 Å². The Morgan fingerprint density at radius 1 is 1.56 bits per heavy atom. The summed E-state index contributed by atoms with van der Waals surface area (Å²) >= 11 is 2.65. The van der Waals surface area contributed by atoms with Crippen molar-refractivity contribution >= 4 is 23.9 Å². The van der Waals surface area contributed by atoms with Crippen LogP contribution in [0.3, 0.4) is 0 Å². The van der Waals surface area contributed by atoms with E-state index in [0.29, 0.717) is 12.8 Å². The van der Waals surface area contributed by atoms with Crippen molar-refractivity contribution in [1.82, 2.24) is 0 Å². The van der Waals surface area contributed by atoms with Gasteiger partial charge in [0.2, 0.25) is 0 Å². The summed E-state index contributed by atoms with van der Waals surface area (Å²) in [6, 6.07) is 0. The first kappa shape index (κ1) is 9.63. The van der Waals surface area contributed by atoms with Crippen molar-refractivity contribution in [3.63, 3.8) is 0 Å². The van der Waals surface area contributed by atoms with Crippen LogP contribution < -0.4 is 0 Å². The zero-order valence-electron chi connectivity index (χ0n) is 5.46. The van der Waals surface area contributed by atoms with Crippen LogP contribution in [0.25, 0.3) is 0 Å². The van der Waals surface area contributed by atoms with Gasteiger partial charge in [0.25, 0.3) is 0 Å². The molecule has 0 spiro atoms. The van der Waals surface area contributed by atoms with Gasteiger partial charge in [0.1, 0.15) is 16.3 Å². The Hall–Kier alpha value is 0.630. The zero-order valence-corrected chi connectivity index (χ0v) is 7.94. The number of hydrogen-bond acceptors (Lipinski definition) is 3. The summed E-state index contributed by atoms with van der Waals surface area (Å²) in [4.78, 5) is 0. The van der Waals surface area contributed by atoms with Gasteiger partial charge in [0, 0.05) is 6.16 Å². The maximum atomic E-state index is 11.1. The van der Waals surface area contributed by atoms with Gasteiger partial charge in [-0.05, 0) is 6.92 Å². The molecule has 5 heteroatoms. The predicted octanol–water partition coefficient (Wildman–Crippen LogP) is 2.56. The maximum Gasteiger partial charge on any atom is 0.341 e. The molecule has 3 nitrogen and oxygen atoms in total. The molecular weight excluding hydrogens is 207 g/mol. The van der Waals surface area contributed by atoms with Crippen molar-refractivity contribution < 1.29 is 12.7 Å². The van der Waals surface area contributed by atoms with Gasteiger partial charge in [-0.1, -0.05) is 6.92 Å². The molecule has 0 aromatic heterocycles. The highest BCUT2D eigenvalue weighted by atomic mass is 79.9. The summed E-state index contributed by atoms with van der Waals surface area (Å²) in [5, 5.41) is 0. The lowest BCUT2D eigenvalue weighted by molar-refractivity contribution is 0.293. The Bertz CT molecular complexity index is 108. The molecule has 0 fully saturated rings. The molecule has 0 amide bonds. The first-order valence-electron chi connectivity index (χ1n) is 2.72. The topological polar surface area (TPSA) is 35.5 Å². The fraction of sp³-hybridized carbons (Fsp3) is 1.00. The minimum absolute atomic E-state index is 0.395. The minimum atomic E-state index is -2.76. The summed E-state index contributed by atoms with van der Waals surface area (Å²) in [6.45, 7) is 3.93. The molecule has 0 heterocycles. The number of rotatable bonds is 4. The average molecular weight is 217 g/mol. The molecule has 0 aliphatic rings. The van der Waals surface area contributed by atoms with Crippen LogP contribution in [0, 0.1) is 0 Å². The van der Waals surface area contributed by atoms with Crippen LogP contribution in [-0.4, -0.2) is 12.8 Å². The fourth-order valence-corrected chi connectivity index (χ4v) is 1.94. The highest BCUT2D eigenvalue weighted by Gasteiger charge is 2.19. The standard InChI is InChI=1S/C4H10BrO3P/c1-3-7-9(6,4-2)8-5/h3-4H2,1-2H3. The van der Waals surface area contributed by atoms with E-state index in [4.69, 9.17) is 4.52 Å². The van der Waals surface area contributed by atoms with E-state index in [1.54, 1.807) is 13.8 Å². The lowest BCUT2D eigenvalue weighted by Crippen LogP contribution is -1.90. The summed E-state index contributed by atoms with van der Waals surface area (Å²) < 4.78 is 20.3. The molecule has 0 aliphatic carbocycles. The van der Waals surface area contributed by atoms with E-state index in [2.05, 4.69) is 19.9 Å². The smallest absolute Gasteiger partial charge is 0.308 e. The van der Waals surface area contributed by atoms with Gasteiger partial charge in [0.05, 0.1) is 6.61 Å². The molecule has 1 unspecified atom stereocenters. The van der Waals surface area contributed by atoms with Crippen LogP contribution in [0.15, 0.2) is 0 Å². The van der Waals surface area contributed by atoms with Crippen molar-refractivity contribution in [1.29, 1.82) is 0 Å². The van der Waals surface area contributed by atoms with E-state index in [9.17, 15) is 4.57 Å². The van der Waals surface area contributed by atoms with Gasteiger partial charge in [-0.15, -0.1) is 0 Å². The largest absolute Gasteiger partial charge is 0.341 e. The van der Waals surface area contributed by atoms with Crippen LogP contribution in [0.5, 0.6) is 0 Å². The maximum absolute atomic E-state index is 11.1. The lowest BCUT2D eigenvalue weighted by atomic mass is 10.9. The third-order valence-electron chi connectivity index (χ3n) is 0.818. The number of hydrogen-bond donors (Lipinski definition) is 0. The second kappa shape index (κ2) is 4.45. The third-order valence-corrected chi connectivity index (χ3v) is 3.78. The van der Waals surface area contributed by atoms with E-state index in [1.165, 1.54) is 0 Å². The molecule has 0 radical (unpaired) electrons. The van der Waals surface area contributed by atoms with Gasteiger partial charge in [-0.25, -0.2) is 3.62 Å². The van der Waals surface area contributed by atoms with Gasteiger partial charge in [-0.2, -0.15) is 0 Å². The Morgan fingerprint density at radius 2 is 2.11 bits per heavy atom. The second-order valence-electron chi connectivity index (χ2n) is 1.41. The Kier molecular flexibility index (Phi) is 4.76. The highest BCUT2D eigenvalue weighted by molar-refractivity contribution is 9.06. The van der Waals surface area contributed by atoms with Gasteiger partial charge >= 0.3 is 7.60 Å². The van der Waals surface area contributed by atoms with Gasteiger partial charge in [-0.3, -0.25) is 4.57 Å². The zero-order chi connectivity index (χ0) is 7.33. The molecule has 56 valence electrons. The van der Waals surface area contributed by atoms with E-state index in [0.717, 1.165) is 0 Å². The average Bonchev–Trinajstić information content (AvgIpc) is 1.89. The fourth-order valence-electron chi connectivity index (χ4n) is 0.357. The molecule has 0 rings (SSSR count). The third kappa shape index (κ3) is 3.36. The van der Waals surface area contributed by atoms with Crippen LogP contribution in [0.1, 0.15) is 13.8 Å². The predicted molar refractivity (Wildman–Crippen MR) is 39.8 cm³/mol. The molecule has 0 aliphatic heterocycles. The molecule has 0 aromatic rings. The lowest BCUT2D eigenvalue weighted by Gasteiger charge is -2.09. The Balaban J connectivity index is 3.78. The van der Waals surface area contributed by atoms with Crippen molar-refractivity contribution in [2.24, 2.45) is 0 Å². The van der Waals surface area contributed by atoms with Crippen molar-refractivity contribution in [2.45, 2.75) is 13.8 Å². The Labute approximate surface area is 63.7 Å². The summed E-state index contributed by atoms with van der Waals surface area (Å²) in [7, 11) is -2.76. The van der Waals surface area contributed by atoms with E-state index in [-0.39, 0.29) is 0 Å². The molecule has 0 N–H and O–H groups in total. The molecular formula is C4H10BrO3P. The normalized spacial score (nSPS) is 17.2. The monoisotopic (exact) mass is 216 g/mol. The highest BCUT2D eigenvalue weighted by Crippen LogP contribution is 2.49. The molecule has 0 aromatic carbocycles. The summed E-state index contributed by atoms with van der Waals surface area (Å²) in [5.41, 5.74) is 0. The molecule has 0 saturated heterocycles. The SMILES string of the molecule is CCOP(=O)(CC)OBr. The molecule has 9 heavy (non-hydrogen) atoms. The summed E-state index contributed by atoms with van der Waals surface area (Å²) in [5.74, 6) is 0. The van der Waals surface area contributed by atoms with E-state index in [1.807, 2.05) is 0 Å². The van der Waals surface area contributed by atoms with Crippen LogP contribution >= 0.6 is 23.9 Å². The van der Waals surface area contributed by atoms with Crippen molar-refractivity contribution in [3.8, 4) is 0 Å². The second-order valence-corrected chi connectivity index (χ2v) is 4.53. The summed E-state index contributed by atoms with van der Waals surface area (Å²) in [6.07, 6.45) is 0.395. The van der Waals surface area contributed by atoms with Gasteiger partial charge in [0.15, 0.2) is 0 Å². The molecule has 0 bridgehead atoms. The first-order valence-corrected chi connectivity index (χ1v) is 5.10. The van der Waals surface area contributed by atoms with Crippen molar-refractivity contribution in [2.75, 3.05) is 12.8 Å². The van der Waals surface area contributed by atoms with Gasteiger partial charge < -0.3 is 4.52 Å². The van der Waals surface area contributed by atoms with Crippen LogP contribution in [0.2, 0.25) is 0 Å². The first-order chi connectivity index (χ1) is 4.18. The van der Waals surface area contributed by atoms with Crippen LogP contribution in [0.4, 0.5) is 0 Å². The van der Waals surface area contributed by atoms with Crippen LogP contribution in [-0.2, 0) is 12.7 Å². The van der Waals surface area contributed by atoms with E-state index >= 15 is 0 Å².